The summed E-state index contributed by atoms with van der Waals surface area (Å²) in [6, 6.07) is 26.2. The van der Waals surface area contributed by atoms with Gasteiger partial charge in [-0.15, -0.1) is 0 Å². The number of pyridine rings is 2. The van der Waals surface area contributed by atoms with Gasteiger partial charge < -0.3 is 9.47 Å². The summed E-state index contributed by atoms with van der Waals surface area (Å²) in [4.78, 5) is 17.9. The van der Waals surface area contributed by atoms with Crippen LogP contribution < -0.4 is 0 Å². The van der Waals surface area contributed by atoms with E-state index in [-0.39, 0.29) is 0 Å². The van der Waals surface area contributed by atoms with Crippen LogP contribution >= 0.6 is 0 Å². The van der Waals surface area contributed by atoms with Crippen LogP contribution in [0.4, 0.5) is 0 Å². The van der Waals surface area contributed by atoms with Crippen molar-refractivity contribution in [1.29, 1.82) is 0 Å². The first kappa shape index (κ1) is 22.8. The summed E-state index contributed by atoms with van der Waals surface area (Å²) in [5.41, 5.74) is 6.14. The molecule has 6 heteroatoms. The minimum absolute atomic E-state index is 0.627. The van der Waals surface area contributed by atoms with Crippen LogP contribution in [0.1, 0.15) is 11.1 Å². The Morgan fingerprint density at radius 2 is 0.875 bits per heavy atom. The smallest absolute Gasteiger partial charge is 0.217 e. The molecule has 4 heterocycles. The van der Waals surface area contributed by atoms with Gasteiger partial charge in [-0.1, -0.05) is 48.5 Å². The SMILES string of the molecule is c1ccc2c(c1)c1cc(-c3cncc(C4=NCCO4)c3)ccc1c1ccc(-c3cncc(C4=NCCO4)c3)cc21. The Balaban J connectivity index is 1.28. The summed E-state index contributed by atoms with van der Waals surface area (Å²) >= 11 is 0. The van der Waals surface area contributed by atoms with E-state index in [0.717, 1.165) is 33.4 Å². The lowest BCUT2D eigenvalue weighted by molar-refractivity contribution is 0.348. The standard InChI is InChI=1S/C34H24N4O2/c1-2-4-28-27(3-1)31-15-21(23-13-25(19-35-17-23)33-37-9-11-39-33)5-7-29(31)30-8-6-22(16-32(28)30)24-14-26(20-36-18-24)34-38-10-12-40-34/h1-8,13-20H,9-12H2. The van der Waals surface area contributed by atoms with E-state index in [2.05, 4.69) is 92.7 Å². The summed E-state index contributed by atoms with van der Waals surface area (Å²) in [5, 5.41) is 7.31. The summed E-state index contributed by atoms with van der Waals surface area (Å²) in [6.45, 7) is 2.65. The number of hydrogen-bond acceptors (Lipinski definition) is 6. The lowest BCUT2D eigenvalue weighted by Crippen LogP contribution is -2.01. The third-order valence-electron chi connectivity index (χ3n) is 7.64. The van der Waals surface area contributed by atoms with Crippen molar-refractivity contribution in [3.8, 4) is 22.3 Å². The van der Waals surface area contributed by atoms with Crippen molar-refractivity contribution in [3.05, 3.63) is 109 Å². The second kappa shape index (κ2) is 9.27. The molecule has 0 atom stereocenters. The van der Waals surface area contributed by atoms with Crippen molar-refractivity contribution in [1.82, 2.24) is 9.97 Å². The van der Waals surface area contributed by atoms with E-state index < -0.39 is 0 Å². The lowest BCUT2D eigenvalue weighted by Gasteiger charge is -2.14. The summed E-state index contributed by atoms with van der Waals surface area (Å²) < 4.78 is 11.3. The fourth-order valence-electron chi connectivity index (χ4n) is 5.76. The van der Waals surface area contributed by atoms with Crippen molar-refractivity contribution >= 4 is 44.1 Å². The first-order valence-corrected chi connectivity index (χ1v) is 13.5. The topological polar surface area (TPSA) is 69.0 Å². The van der Waals surface area contributed by atoms with Crippen LogP contribution in [0.5, 0.6) is 0 Å². The molecule has 40 heavy (non-hydrogen) atoms. The average Bonchev–Trinajstić information content (AvgIpc) is 3.77. The fraction of sp³-hybridized carbons (Fsp3) is 0.118. The maximum absolute atomic E-state index is 5.67. The molecule has 2 aliphatic rings. The molecule has 0 unspecified atom stereocenters. The Morgan fingerprint density at radius 1 is 0.425 bits per heavy atom. The maximum atomic E-state index is 5.67. The number of fused-ring (bicyclic) bond motifs is 6. The molecule has 6 aromatic rings. The molecule has 0 saturated heterocycles. The Morgan fingerprint density at radius 3 is 1.32 bits per heavy atom. The number of aliphatic imine (C=N–C) groups is 2. The Bertz CT molecular complexity index is 1860. The van der Waals surface area contributed by atoms with Crippen LogP contribution in [0.2, 0.25) is 0 Å². The van der Waals surface area contributed by atoms with E-state index in [1.807, 2.05) is 24.8 Å². The second-order valence-electron chi connectivity index (χ2n) is 10.1. The lowest BCUT2D eigenvalue weighted by atomic mass is 9.90. The van der Waals surface area contributed by atoms with E-state index in [4.69, 9.17) is 9.47 Å². The number of nitrogens with zero attached hydrogens (tertiary/aromatic N) is 4. The zero-order valence-electron chi connectivity index (χ0n) is 21.7. The van der Waals surface area contributed by atoms with E-state index in [9.17, 15) is 0 Å². The van der Waals surface area contributed by atoms with Crippen molar-refractivity contribution in [2.24, 2.45) is 9.98 Å². The highest BCUT2D eigenvalue weighted by Gasteiger charge is 2.15. The number of ether oxygens (including phenoxy) is 2. The molecule has 0 spiro atoms. The van der Waals surface area contributed by atoms with Crippen molar-refractivity contribution < 1.29 is 9.47 Å². The Kier molecular flexibility index (Phi) is 5.30. The van der Waals surface area contributed by atoms with Crippen molar-refractivity contribution in [2.45, 2.75) is 0 Å². The molecular weight excluding hydrogens is 496 g/mol. The Labute approximate surface area is 230 Å². The first-order chi connectivity index (χ1) is 19.8. The predicted octanol–water partition coefficient (Wildman–Crippen LogP) is 6.82. The summed E-state index contributed by atoms with van der Waals surface area (Å²) in [5.74, 6) is 1.35. The molecule has 0 bridgehead atoms. The van der Waals surface area contributed by atoms with Gasteiger partial charge in [0.2, 0.25) is 11.8 Å². The molecule has 6 nitrogen and oxygen atoms in total. The van der Waals surface area contributed by atoms with Crippen LogP contribution in [-0.2, 0) is 9.47 Å². The fourth-order valence-corrected chi connectivity index (χ4v) is 5.76. The molecule has 0 radical (unpaired) electrons. The van der Waals surface area contributed by atoms with Gasteiger partial charge in [0.25, 0.3) is 0 Å². The molecular formula is C34H24N4O2. The zero-order chi connectivity index (χ0) is 26.5. The van der Waals surface area contributed by atoms with Crippen molar-refractivity contribution in [3.63, 3.8) is 0 Å². The molecule has 2 aromatic heterocycles. The monoisotopic (exact) mass is 520 g/mol. The number of benzene rings is 4. The maximum Gasteiger partial charge on any atom is 0.217 e. The van der Waals surface area contributed by atoms with E-state index in [0.29, 0.717) is 38.1 Å². The third kappa shape index (κ3) is 3.80. The van der Waals surface area contributed by atoms with Gasteiger partial charge in [-0.3, -0.25) is 9.97 Å². The summed E-state index contributed by atoms with van der Waals surface area (Å²) in [6.07, 6.45) is 7.43. The second-order valence-corrected chi connectivity index (χ2v) is 10.1. The summed E-state index contributed by atoms with van der Waals surface area (Å²) in [7, 11) is 0. The highest BCUT2D eigenvalue weighted by Crippen LogP contribution is 2.39. The van der Waals surface area contributed by atoms with Gasteiger partial charge in [0, 0.05) is 35.9 Å². The van der Waals surface area contributed by atoms with E-state index in [1.165, 1.54) is 32.3 Å². The minimum Gasteiger partial charge on any atom is -0.475 e. The van der Waals surface area contributed by atoms with E-state index >= 15 is 0 Å². The Hall–Kier alpha value is -5.10. The normalized spacial score (nSPS) is 14.8. The third-order valence-corrected chi connectivity index (χ3v) is 7.64. The number of rotatable bonds is 4. The quantitative estimate of drug-likeness (QED) is 0.239. The van der Waals surface area contributed by atoms with Crippen LogP contribution in [-0.4, -0.2) is 48.1 Å². The molecule has 2 aliphatic heterocycles. The van der Waals surface area contributed by atoms with Crippen molar-refractivity contribution in [2.75, 3.05) is 26.3 Å². The van der Waals surface area contributed by atoms with Gasteiger partial charge in [0.1, 0.15) is 13.2 Å². The first-order valence-electron chi connectivity index (χ1n) is 13.5. The van der Waals surface area contributed by atoms with Crippen LogP contribution in [0.15, 0.2) is 108 Å². The highest BCUT2D eigenvalue weighted by molar-refractivity contribution is 6.26. The van der Waals surface area contributed by atoms with Gasteiger partial charge in [-0.05, 0) is 67.7 Å². The molecule has 0 saturated carbocycles. The van der Waals surface area contributed by atoms with Gasteiger partial charge in [0.05, 0.1) is 24.2 Å². The largest absolute Gasteiger partial charge is 0.475 e. The average molecular weight is 521 g/mol. The van der Waals surface area contributed by atoms with Crippen LogP contribution in [0, 0.1) is 0 Å². The van der Waals surface area contributed by atoms with Gasteiger partial charge in [-0.2, -0.15) is 0 Å². The van der Waals surface area contributed by atoms with Gasteiger partial charge >= 0.3 is 0 Å². The number of aromatic nitrogens is 2. The molecule has 0 fully saturated rings. The van der Waals surface area contributed by atoms with Gasteiger partial charge in [0.15, 0.2) is 0 Å². The molecule has 0 N–H and O–H groups in total. The molecule has 0 amide bonds. The predicted molar refractivity (Wildman–Crippen MR) is 160 cm³/mol. The molecule has 0 aliphatic carbocycles. The highest BCUT2D eigenvalue weighted by atomic mass is 16.5. The van der Waals surface area contributed by atoms with Gasteiger partial charge in [-0.25, -0.2) is 9.98 Å². The molecule has 4 aromatic carbocycles. The number of hydrogen-bond donors (Lipinski definition) is 0. The minimum atomic E-state index is 0.627. The van der Waals surface area contributed by atoms with E-state index in [1.54, 1.807) is 0 Å². The molecule has 192 valence electrons. The van der Waals surface area contributed by atoms with Crippen LogP contribution in [0.25, 0.3) is 54.6 Å². The zero-order valence-corrected chi connectivity index (χ0v) is 21.7. The van der Waals surface area contributed by atoms with Crippen LogP contribution in [0.3, 0.4) is 0 Å². The molecule has 8 rings (SSSR count).